The summed E-state index contributed by atoms with van der Waals surface area (Å²) in [5, 5.41) is 12.5. The van der Waals surface area contributed by atoms with Crippen molar-refractivity contribution >= 4 is 17.7 Å². The molecule has 6 heteroatoms. The molecule has 1 atom stereocenters. The number of carbonyl (C=O) groups is 1. The molecule has 0 radical (unpaired) electrons. The van der Waals surface area contributed by atoms with Crippen molar-refractivity contribution in [2.75, 3.05) is 19.0 Å². The molecule has 0 saturated carbocycles. The molecule has 0 aromatic heterocycles. The molecule has 116 valence electrons. The molecule has 1 aliphatic heterocycles. The van der Waals surface area contributed by atoms with Gasteiger partial charge in [-0.25, -0.2) is 0 Å². The molecule has 5 nitrogen and oxygen atoms in total. The molecule has 0 amide bonds. The molecule has 0 saturated heterocycles. The highest BCUT2D eigenvalue weighted by Gasteiger charge is 2.33. The summed E-state index contributed by atoms with van der Waals surface area (Å²) < 4.78 is 11.0. The van der Waals surface area contributed by atoms with Crippen molar-refractivity contribution in [2.45, 2.75) is 37.2 Å². The zero-order valence-corrected chi connectivity index (χ0v) is 13.3. The number of fused-ring (bicyclic) bond motifs is 1. The molecule has 2 N–H and O–H groups in total. The van der Waals surface area contributed by atoms with Gasteiger partial charge in [-0.1, -0.05) is 0 Å². The van der Waals surface area contributed by atoms with E-state index in [0.29, 0.717) is 19.0 Å². The first-order chi connectivity index (χ1) is 9.90. The fourth-order valence-electron chi connectivity index (χ4n) is 2.14. The third kappa shape index (κ3) is 4.04. The molecular formula is C15H21NO4S. The van der Waals surface area contributed by atoms with E-state index >= 15 is 0 Å². The van der Waals surface area contributed by atoms with Crippen LogP contribution in [0.15, 0.2) is 23.1 Å². The van der Waals surface area contributed by atoms with Crippen LogP contribution in [0.4, 0.5) is 0 Å². The smallest absolute Gasteiger partial charge is 0.324 e. The highest BCUT2D eigenvalue weighted by molar-refractivity contribution is 7.99. The molecule has 1 aliphatic rings. The minimum atomic E-state index is -0.966. The average Bonchev–Trinajstić information content (AvgIpc) is 2.44. The molecule has 1 aromatic rings. The van der Waals surface area contributed by atoms with Gasteiger partial charge in [-0.05, 0) is 39.0 Å². The lowest BCUT2D eigenvalue weighted by Gasteiger charge is -2.28. The lowest BCUT2D eigenvalue weighted by molar-refractivity contribution is -0.143. The van der Waals surface area contributed by atoms with Gasteiger partial charge in [0, 0.05) is 16.7 Å². The van der Waals surface area contributed by atoms with E-state index in [1.807, 2.05) is 32.0 Å². The van der Waals surface area contributed by atoms with Crippen LogP contribution in [0.1, 0.15) is 20.8 Å². The fourth-order valence-corrected chi connectivity index (χ4v) is 3.16. The standard InChI is InChI=1S/C15H21NO4S/c1-10(2)16-15(3,14(17)18)9-21-11-4-5-12-13(8-11)20-7-6-19-12/h4-5,8,10,16H,6-7,9H2,1-3H3,(H,17,18). The third-order valence-electron chi connectivity index (χ3n) is 3.12. The van der Waals surface area contributed by atoms with E-state index in [9.17, 15) is 9.90 Å². The summed E-state index contributed by atoms with van der Waals surface area (Å²) in [7, 11) is 0. The molecule has 1 unspecified atom stereocenters. The summed E-state index contributed by atoms with van der Waals surface area (Å²) in [5.74, 6) is 1.05. The Morgan fingerprint density at radius 2 is 2.05 bits per heavy atom. The molecule has 0 bridgehead atoms. The third-order valence-corrected chi connectivity index (χ3v) is 4.43. The van der Waals surface area contributed by atoms with E-state index < -0.39 is 11.5 Å². The summed E-state index contributed by atoms with van der Waals surface area (Å²) in [6.45, 7) is 6.70. The van der Waals surface area contributed by atoms with Crippen LogP contribution in [0.5, 0.6) is 11.5 Å². The number of rotatable bonds is 6. The van der Waals surface area contributed by atoms with E-state index in [1.54, 1.807) is 6.92 Å². The lowest BCUT2D eigenvalue weighted by Crippen LogP contribution is -2.54. The maximum Gasteiger partial charge on any atom is 0.324 e. The number of thioether (sulfide) groups is 1. The van der Waals surface area contributed by atoms with Crippen molar-refractivity contribution in [3.05, 3.63) is 18.2 Å². The molecule has 0 aliphatic carbocycles. The summed E-state index contributed by atoms with van der Waals surface area (Å²) in [4.78, 5) is 12.5. The van der Waals surface area contributed by atoms with Gasteiger partial charge in [0.1, 0.15) is 18.8 Å². The van der Waals surface area contributed by atoms with Crippen LogP contribution in [0.2, 0.25) is 0 Å². The van der Waals surface area contributed by atoms with Crippen LogP contribution in [-0.2, 0) is 4.79 Å². The van der Waals surface area contributed by atoms with E-state index in [1.165, 1.54) is 11.8 Å². The molecule has 0 spiro atoms. The van der Waals surface area contributed by atoms with E-state index in [-0.39, 0.29) is 6.04 Å². The SMILES string of the molecule is CC(C)NC(C)(CSc1ccc2c(c1)OCCO2)C(=O)O. The summed E-state index contributed by atoms with van der Waals surface area (Å²) in [6, 6.07) is 5.80. The van der Waals surface area contributed by atoms with Gasteiger partial charge >= 0.3 is 5.97 Å². The average molecular weight is 311 g/mol. The lowest BCUT2D eigenvalue weighted by atomic mass is 10.1. The van der Waals surface area contributed by atoms with Crippen LogP contribution in [-0.4, -0.2) is 41.6 Å². The maximum absolute atomic E-state index is 11.5. The minimum Gasteiger partial charge on any atom is -0.486 e. The second-order valence-corrected chi connectivity index (χ2v) is 6.58. The van der Waals surface area contributed by atoms with Crippen molar-refractivity contribution < 1.29 is 19.4 Å². The van der Waals surface area contributed by atoms with Gasteiger partial charge in [0.05, 0.1) is 0 Å². The van der Waals surface area contributed by atoms with Gasteiger partial charge in [0.15, 0.2) is 11.5 Å². The van der Waals surface area contributed by atoms with Gasteiger partial charge in [-0.3, -0.25) is 10.1 Å². The second kappa shape index (κ2) is 6.58. The van der Waals surface area contributed by atoms with Crippen LogP contribution in [0.3, 0.4) is 0 Å². The number of nitrogens with one attached hydrogen (secondary N) is 1. The molecular weight excluding hydrogens is 290 g/mol. The van der Waals surface area contributed by atoms with Crippen molar-refractivity contribution in [1.82, 2.24) is 5.32 Å². The predicted molar refractivity (Wildman–Crippen MR) is 82.5 cm³/mol. The van der Waals surface area contributed by atoms with E-state index in [2.05, 4.69) is 5.32 Å². The van der Waals surface area contributed by atoms with Crippen molar-refractivity contribution in [2.24, 2.45) is 0 Å². The number of hydrogen-bond acceptors (Lipinski definition) is 5. The van der Waals surface area contributed by atoms with Gasteiger partial charge in [-0.15, -0.1) is 11.8 Å². The highest BCUT2D eigenvalue weighted by Crippen LogP contribution is 2.35. The Morgan fingerprint density at radius 3 is 2.67 bits per heavy atom. The van der Waals surface area contributed by atoms with E-state index in [0.717, 1.165) is 16.4 Å². The molecule has 0 fully saturated rings. The largest absolute Gasteiger partial charge is 0.486 e. The monoisotopic (exact) mass is 311 g/mol. The topological polar surface area (TPSA) is 67.8 Å². The summed E-state index contributed by atoms with van der Waals surface area (Å²) in [5.41, 5.74) is -0.966. The first-order valence-corrected chi connectivity index (χ1v) is 7.93. The molecule has 21 heavy (non-hydrogen) atoms. The first kappa shape index (κ1) is 16.0. The van der Waals surface area contributed by atoms with Crippen LogP contribution in [0, 0.1) is 0 Å². The quantitative estimate of drug-likeness (QED) is 0.786. The zero-order valence-electron chi connectivity index (χ0n) is 12.5. The number of hydrogen-bond donors (Lipinski definition) is 2. The van der Waals surface area contributed by atoms with Crippen LogP contribution in [0.25, 0.3) is 0 Å². The first-order valence-electron chi connectivity index (χ1n) is 6.94. The molecule has 2 rings (SSSR count). The Labute approximate surface area is 129 Å². The number of ether oxygens (including phenoxy) is 2. The van der Waals surface area contributed by atoms with Crippen LogP contribution < -0.4 is 14.8 Å². The van der Waals surface area contributed by atoms with Gasteiger partial charge in [0.2, 0.25) is 0 Å². The molecule has 1 aromatic carbocycles. The van der Waals surface area contributed by atoms with Gasteiger partial charge in [0.25, 0.3) is 0 Å². The normalized spacial score (nSPS) is 16.6. The van der Waals surface area contributed by atoms with E-state index in [4.69, 9.17) is 9.47 Å². The predicted octanol–water partition coefficient (Wildman–Crippen LogP) is 2.39. The minimum absolute atomic E-state index is 0.104. The Kier molecular flexibility index (Phi) is 5.00. The van der Waals surface area contributed by atoms with Crippen LogP contribution >= 0.6 is 11.8 Å². The molecule has 1 heterocycles. The van der Waals surface area contributed by atoms with Gasteiger partial charge < -0.3 is 14.6 Å². The number of carboxylic acid groups (broad SMARTS) is 1. The Hall–Kier alpha value is -1.40. The van der Waals surface area contributed by atoms with Crippen molar-refractivity contribution in [3.8, 4) is 11.5 Å². The Balaban J connectivity index is 2.05. The summed E-state index contributed by atoms with van der Waals surface area (Å²) >= 11 is 1.49. The van der Waals surface area contributed by atoms with Crippen molar-refractivity contribution in [1.29, 1.82) is 0 Å². The second-order valence-electron chi connectivity index (χ2n) is 5.53. The Morgan fingerprint density at radius 1 is 1.38 bits per heavy atom. The number of aliphatic carboxylic acids is 1. The fraction of sp³-hybridized carbons (Fsp3) is 0.533. The Bertz CT molecular complexity index is 520. The number of benzene rings is 1. The zero-order chi connectivity index (χ0) is 15.5. The summed E-state index contributed by atoms with van der Waals surface area (Å²) in [6.07, 6.45) is 0. The maximum atomic E-state index is 11.5. The van der Waals surface area contributed by atoms with Crippen molar-refractivity contribution in [3.63, 3.8) is 0 Å². The van der Waals surface area contributed by atoms with Gasteiger partial charge in [-0.2, -0.15) is 0 Å². The number of carboxylic acids is 1. The highest BCUT2D eigenvalue weighted by atomic mass is 32.2.